The van der Waals surface area contributed by atoms with Gasteiger partial charge in [-0.15, -0.1) is 11.8 Å². The molecule has 0 radical (unpaired) electrons. The molecule has 14 heteroatoms. The molecule has 4 heterocycles. The van der Waals surface area contributed by atoms with E-state index in [0.29, 0.717) is 46.0 Å². The van der Waals surface area contributed by atoms with E-state index in [-0.39, 0.29) is 23.2 Å². The summed E-state index contributed by atoms with van der Waals surface area (Å²) in [6.07, 6.45) is 2.97. The molecule has 220 valence electrons. The average molecular weight is 604 g/mol. The molecule has 2 aliphatic heterocycles. The molecule has 6 rings (SSSR count). The lowest BCUT2D eigenvalue weighted by atomic mass is 10.1. The van der Waals surface area contributed by atoms with Gasteiger partial charge in [0.15, 0.2) is 5.82 Å². The molecule has 1 saturated heterocycles. The Balaban J connectivity index is 1.34. The van der Waals surface area contributed by atoms with E-state index >= 15 is 4.39 Å². The first-order valence-electron chi connectivity index (χ1n) is 13.4. The molecule has 0 spiro atoms. The highest BCUT2D eigenvalue weighted by Gasteiger charge is 2.28. The van der Waals surface area contributed by atoms with Crippen LogP contribution in [-0.2, 0) is 4.79 Å². The molecule has 2 aliphatic rings. The number of phenols is 1. The first-order valence-corrected chi connectivity index (χ1v) is 14.4. The fourth-order valence-corrected chi connectivity index (χ4v) is 5.88. The van der Waals surface area contributed by atoms with E-state index in [4.69, 9.17) is 4.42 Å². The van der Waals surface area contributed by atoms with Crippen LogP contribution in [0.4, 0.5) is 21.8 Å². The van der Waals surface area contributed by atoms with Gasteiger partial charge in [0.2, 0.25) is 0 Å². The van der Waals surface area contributed by atoms with E-state index in [1.165, 1.54) is 42.1 Å². The van der Waals surface area contributed by atoms with Gasteiger partial charge in [-0.25, -0.2) is 14.4 Å². The van der Waals surface area contributed by atoms with Gasteiger partial charge < -0.3 is 24.6 Å². The number of halogens is 1. The van der Waals surface area contributed by atoms with Crippen molar-refractivity contribution < 1.29 is 23.6 Å². The van der Waals surface area contributed by atoms with Gasteiger partial charge in [0.1, 0.15) is 39.2 Å². The second-order valence-corrected chi connectivity index (χ2v) is 11.1. The zero-order valence-corrected chi connectivity index (χ0v) is 23.8. The number of aromatic hydroxyl groups is 1. The van der Waals surface area contributed by atoms with E-state index in [0.717, 1.165) is 13.1 Å². The van der Waals surface area contributed by atoms with E-state index in [9.17, 15) is 20.0 Å². The number of nitrogens with zero attached hydrogens (tertiary/aromatic N) is 6. The number of benzene rings is 2. The maximum atomic E-state index is 15.5. The van der Waals surface area contributed by atoms with Crippen molar-refractivity contribution in [1.82, 2.24) is 14.9 Å². The topological polar surface area (TPSA) is 150 Å². The molecule has 43 heavy (non-hydrogen) atoms. The van der Waals surface area contributed by atoms with Crippen LogP contribution in [-0.4, -0.2) is 80.9 Å². The summed E-state index contributed by atoms with van der Waals surface area (Å²) in [5.41, 5.74) is 1.35. The third-order valence-corrected chi connectivity index (χ3v) is 8.23. The smallest absolute Gasteiger partial charge is 0.433 e. The number of para-hydroxylation sites is 1. The number of rotatable bonds is 7. The van der Waals surface area contributed by atoms with Crippen molar-refractivity contribution in [1.29, 1.82) is 0 Å². The van der Waals surface area contributed by atoms with Gasteiger partial charge >= 0.3 is 5.88 Å². The fraction of sp³-hybridized carbons (Fsp3) is 0.241. The van der Waals surface area contributed by atoms with Crippen molar-refractivity contribution in [3.63, 3.8) is 0 Å². The summed E-state index contributed by atoms with van der Waals surface area (Å²) in [7, 11) is 2.01. The van der Waals surface area contributed by atoms with E-state index in [1.54, 1.807) is 30.3 Å². The number of thioether (sulfide) groups is 1. The second-order valence-electron chi connectivity index (χ2n) is 10.1. The molecule has 0 saturated carbocycles. The largest absolute Gasteiger partial charge is 0.507 e. The second kappa shape index (κ2) is 11.8. The van der Waals surface area contributed by atoms with Gasteiger partial charge in [-0.2, -0.15) is 0 Å². The minimum Gasteiger partial charge on any atom is -0.507 e. The van der Waals surface area contributed by atoms with Gasteiger partial charge in [-0.1, -0.05) is 12.1 Å². The average Bonchev–Trinajstić information content (AvgIpc) is 3.68. The molecule has 4 aromatic rings. The number of amides is 1. The Hall–Kier alpha value is -4.82. The number of nitrogens with one attached hydrogen (secondary N) is 1. The summed E-state index contributed by atoms with van der Waals surface area (Å²) >= 11 is 1.35. The summed E-state index contributed by atoms with van der Waals surface area (Å²) in [4.78, 5) is 41.4. The number of likely N-dealkylation sites (N-methyl/N-ethyl adjacent to an activating group) is 1. The first-order chi connectivity index (χ1) is 20.7. The molecule has 1 unspecified atom stereocenters. The van der Waals surface area contributed by atoms with Crippen LogP contribution in [0.5, 0.6) is 5.75 Å². The van der Waals surface area contributed by atoms with E-state index < -0.39 is 28.6 Å². The van der Waals surface area contributed by atoms with Crippen LogP contribution >= 0.6 is 11.8 Å². The van der Waals surface area contributed by atoms with Crippen LogP contribution in [0.15, 0.2) is 57.9 Å². The minimum absolute atomic E-state index is 0.0709. The normalized spacial score (nSPS) is 17.5. The van der Waals surface area contributed by atoms with E-state index in [1.807, 2.05) is 11.9 Å². The van der Waals surface area contributed by atoms with Crippen LogP contribution in [0.3, 0.4) is 0 Å². The summed E-state index contributed by atoms with van der Waals surface area (Å²) in [6.45, 7) is 2.87. The van der Waals surface area contributed by atoms with Crippen molar-refractivity contribution in [3.8, 4) is 5.75 Å². The highest BCUT2D eigenvalue weighted by atomic mass is 32.2. The Kier molecular flexibility index (Phi) is 7.78. The molecule has 2 aromatic carbocycles. The van der Waals surface area contributed by atoms with Crippen molar-refractivity contribution in [2.75, 3.05) is 49.2 Å². The highest BCUT2D eigenvalue weighted by Crippen LogP contribution is 2.32. The summed E-state index contributed by atoms with van der Waals surface area (Å²) in [6, 6.07) is 11.6. The van der Waals surface area contributed by atoms with Crippen molar-refractivity contribution >= 4 is 63.2 Å². The standard InChI is InChI=1S/C29H26FN7O5S/c1-35-10-12-36(13-11-35)23-15-21-19(14-20(23)30)27(33-25(31-21)8-6-17-7-9-26(42-17)37(40)41)34-28(39)22-16-43-29(32-22)18-4-2-3-5-24(18)38/h2-9,14-15,22,38H,10-13,16H2,1H3,(H,31,33,34,39)/b8-6+. The third-order valence-electron chi connectivity index (χ3n) is 7.14. The Morgan fingerprint density at radius 3 is 2.70 bits per heavy atom. The third kappa shape index (κ3) is 6.05. The van der Waals surface area contributed by atoms with Crippen molar-refractivity contribution in [3.05, 3.63) is 81.6 Å². The molecular formula is C29H26FN7O5S. The Bertz CT molecular complexity index is 1780. The molecule has 12 nitrogen and oxygen atoms in total. The molecule has 1 fully saturated rings. The maximum absolute atomic E-state index is 15.5. The molecular weight excluding hydrogens is 577 g/mol. The zero-order valence-electron chi connectivity index (χ0n) is 22.9. The number of nitro groups is 1. The SMILES string of the molecule is CN1CCN(c2cc3nc(/C=C/c4ccc([N+](=O)[O-])o4)nc(NC(=O)C4CSC(c5ccccc5O)=N4)c3cc2F)CC1. The zero-order chi connectivity index (χ0) is 30.1. The summed E-state index contributed by atoms with van der Waals surface area (Å²) < 4.78 is 20.7. The minimum atomic E-state index is -0.762. The Morgan fingerprint density at radius 2 is 1.95 bits per heavy atom. The highest BCUT2D eigenvalue weighted by molar-refractivity contribution is 8.14. The van der Waals surface area contributed by atoms with Gasteiger partial charge in [0.05, 0.1) is 17.3 Å². The van der Waals surface area contributed by atoms with Gasteiger partial charge in [-0.3, -0.25) is 19.9 Å². The summed E-state index contributed by atoms with van der Waals surface area (Å²) in [5, 5.41) is 24.8. The van der Waals surface area contributed by atoms with Crippen molar-refractivity contribution in [2.24, 2.45) is 4.99 Å². The number of aromatic nitrogens is 2. The molecule has 0 bridgehead atoms. The number of hydrogen-bond donors (Lipinski definition) is 2. The predicted molar refractivity (Wildman–Crippen MR) is 163 cm³/mol. The number of carbonyl (C=O) groups is 1. The lowest BCUT2D eigenvalue weighted by Gasteiger charge is -2.34. The number of hydrogen-bond acceptors (Lipinski definition) is 11. The Labute approximate surface area is 249 Å². The lowest BCUT2D eigenvalue weighted by molar-refractivity contribution is -0.402. The maximum Gasteiger partial charge on any atom is 0.433 e. The number of fused-ring (bicyclic) bond motifs is 1. The van der Waals surface area contributed by atoms with Gasteiger partial charge in [0, 0.05) is 42.9 Å². The van der Waals surface area contributed by atoms with Crippen LogP contribution < -0.4 is 10.2 Å². The Morgan fingerprint density at radius 1 is 1.16 bits per heavy atom. The van der Waals surface area contributed by atoms with Gasteiger partial charge in [-0.05, 0) is 49.5 Å². The lowest BCUT2D eigenvalue weighted by Crippen LogP contribution is -2.44. The van der Waals surface area contributed by atoms with Crippen LogP contribution in [0.1, 0.15) is 17.1 Å². The first kappa shape index (κ1) is 28.3. The molecule has 0 aliphatic carbocycles. The molecule has 1 amide bonds. The number of anilines is 2. The number of aliphatic imine (C=N–C) groups is 1. The van der Waals surface area contributed by atoms with Crippen LogP contribution in [0, 0.1) is 15.9 Å². The monoisotopic (exact) mass is 603 g/mol. The summed E-state index contributed by atoms with van der Waals surface area (Å²) in [5.74, 6) is -0.398. The molecule has 2 N–H and O–H groups in total. The van der Waals surface area contributed by atoms with E-state index in [2.05, 4.69) is 25.2 Å². The molecule has 2 aromatic heterocycles. The number of furan rings is 1. The predicted octanol–water partition coefficient (Wildman–Crippen LogP) is 4.40. The van der Waals surface area contributed by atoms with Crippen molar-refractivity contribution in [2.45, 2.75) is 6.04 Å². The van der Waals surface area contributed by atoms with Crippen LogP contribution in [0.2, 0.25) is 0 Å². The quantitative estimate of drug-likeness (QED) is 0.230. The number of carbonyl (C=O) groups excluding carboxylic acids is 1. The van der Waals surface area contributed by atoms with Gasteiger partial charge in [0.25, 0.3) is 5.91 Å². The number of piperazine rings is 1. The number of phenolic OH excluding ortho intramolecular Hbond substituents is 1. The fourth-order valence-electron chi connectivity index (χ4n) is 4.81. The molecule has 1 atom stereocenters. The van der Waals surface area contributed by atoms with Crippen LogP contribution in [0.25, 0.3) is 23.1 Å².